The van der Waals surface area contributed by atoms with E-state index in [1.807, 2.05) is 6.07 Å². The Balaban J connectivity index is 1.81. The van der Waals surface area contributed by atoms with Gasteiger partial charge in [0.1, 0.15) is 0 Å². The first-order valence-electron chi connectivity index (χ1n) is 10.6. The van der Waals surface area contributed by atoms with Crippen molar-refractivity contribution in [1.82, 2.24) is 15.5 Å². The van der Waals surface area contributed by atoms with E-state index in [4.69, 9.17) is 14.5 Å². The summed E-state index contributed by atoms with van der Waals surface area (Å²) in [4.78, 5) is 7.32. The van der Waals surface area contributed by atoms with Crippen LogP contribution < -0.4 is 20.1 Å². The number of likely N-dealkylation sites (tertiary alicyclic amines) is 1. The average Bonchev–Trinajstić information content (AvgIpc) is 2.71. The van der Waals surface area contributed by atoms with Crippen LogP contribution in [0.5, 0.6) is 11.5 Å². The van der Waals surface area contributed by atoms with Crippen LogP contribution >= 0.6 is 0 Å². The number of hydrogen-bond donors (Lipinski definition) is 2. The zero-order valence-corrected chi connectivity index (χ0v) is 18.3. The van der Waals surface area contributed by atoms with Crippen molar-refractivity contribution in [3.8, 4) is 11.5 Å². The monoisotopic (exact) mass is 390 g/mol. The predicted octanol–water partition coefficient (Wildman–Crippen LogP) is 3.06. The Morgan fingerprint density at radius 3 is 2.50 bits per heavy atom. The summed E-state index contributed by atoms with van der Waals surface area (Å²) in [6.07, 6.45) is 4.32. The highest BCUT2D eigenvalue weighted by molar-refractivity contribution is 5.80. The highest BCUT2D eigenvalue weighted by Crippen LogP contribution is 2.27. The molecule has 1 saturated heterocycles. The first-order chi connectivity index (χ1) is 13.6. The van der Waals surface area contributed by atoms with Gasteiger partial charge in [0, 0.05) is 38.3 Å². The van der Waals surface area contributed by atoms with Crippen LogP contribution in [0.3, 0.4) is 0 Å². The van der Waals surface area contributed by atoms with E-state index in [0.29, 0.717) is 12.1 Å². The fourth-order valence-corrected chi connectivity index (χ4v) is 3.58. The lowest BCUT2D eigenvalue weighted by atomic mass is 10.0. The van der Waals surface area contributed by atoms with E-state index >= 15 is 0 Å². The van der Waals surface area contributed by atoms with E-state index in [1.54, 1.807) is 14.2 Å². The van der Waals surface area contributed by atoms with Crippen molar-refractivity contribution in [2.24, 2.45) is 4.99 Å². The Hall–Kier alpha value is -1.95. The van der Waals surface area contributed by atoms with Gasteiger partial charge in [0.25, 0.3) is 0 Å². The van der Waals surface area contributed by atoms with Gasteiger partial charge in [-0.15, -0.1) is 0 Å². The Morgan fingerprint density at radius 2 is 1.89 bits per heavy atom. The number of rotatable bonds is 9. The van der Waals surface area contributed by atoms with Gasteiger partial charge in [-0.3, -0.25) is 4.99 Å². The van der Waals surface area contributed by atoms with Crippen LogP contribution in [0.25, 0.3) is 0 Å². The number of guanidine groups is 1. The summed E-state index contributed by atoms with van der Waals surface area (Å²) in [5.74, 6) is 2.50. The number of aryl methyl sites for hydroxylation is 1. The minimum Gasteiger partial charge on any atom is -0.493 e. The van der Waals surface area contributed by atoms with Crippen molar-refractivity contribution < 1.29 is 9.47 Å². The van der Waals surface area contributed by atoms with Gasteiger partial charge >= 0.3 is 0 Å². The van der Waals surface area contributed by atoms with Crippen LogP contribution in [0.15, 0.2) is 23.2 Å². The minimum atomic E-state index is 0.513. The zero-order valence-electron chi connectivity index (χ0n) is 18.3. The third kappa shape index (κ3) is 6.89. The molecule has 28 heavy (non-hydrogen) atoms. The predicted molar refractivity (Wildman–Crippen MR) is 117 cm³/mol. The third-order valence-corrected chi connectivity index (χ3v) is 5.29. The lowest BCUT2D eigenvalue weighted by Gasteiger charge is -2.35. The third-order valence-electron chi connectivity index (χ3n) is 5.29. The molecule has 0 unspecified atom stereocenters. The quantitative estimate of drug-likeness (QED) is 0.386. The van der Waals surface area contributed by atoms with Gasteiger partial charge in [-0.2, -0.15) is 0 Å². The van der Waals surface area contributed by atoms with Crippen molar-refractivity contribution in [2.75, 3.05) is 40.4 Å². The number of ether oxygens (including phenoxy) is 2. The topological polar surface area (TPSA) is 58.1 Å². The van der Waals surface area contributed by atoms with Crippen LogP contribution in [-0.4, -0.2) is 63.3 Å². The molecule has 0 radical (unpaired) electrons. The molecule has 158 valence electrons. The molecule has 6 heteroatoms. The number of benzene rings is 1. The Kier molecular flexibility index (Phi) is 9.41. The van der Waals surface area contributed by atoms with Crippen LogP contribution in [0.1, 0.15) is 45.6 Å². The molecule has 1 aliphatic heterocycles. The molecule has 0 aromatic heterocycles. The molecule has 1 heterocycles. The first-order valence-corrected chi connectivity index (χ1v) is 10.6. The number of methoxy groups -OCH3 is 2. The van der Waals surface area contributed by atoms with Crippen molar-refractivity contribution in [3.63, 3.8) is 0 Å². The number of aliphatic imine (C=N–C) groups is 1. The fraction of sp³-hybridized carbons (Fsp3) is 0.682. The highest BCUT2D eigenvalue weighted by Gasteiger charge is 2.21. The number of nitrogens with one attached hydrogen (secondary N) is 2. The number of piperidine rings is 1. The smallest absolute Gasteiger partial charge is 0.191 e. The Labute approximate surface area is 170 Å². The first kappa shape index (κ1) is 22.3. The molecule has 0 bridgehead atoms. The van der Waals surface area contributed by atoms with Crippen LogP contribution in [0.4, 0.5) is 0 Å². The summed E-state index contributed by atoms with van der Waals surface area (Å²) >= 11 is 0. The second-order valence-corrected chi connectivity index (χ2v) is 7.60. The normalized spacial score (nSPS) is 16.3. The molecule has 6 nitrogen and oxygen atoms in total. The van der Waals surface area contributed by atoms with Gasteiger partial charge in [0.2, 0.25) is 0 Å². The Bertz CT molecular complexity index is 611. The molecule has 1 fully saturated rings. The number of nitrogens with zero attached hydrogens (tertiary/aromatic N) is 2. The maximum absolute atomic E-state index is 5.38. The molecule has 1 aromatic rings. The van der Waals surface area contributed by atoms with E-state index < -0.39 is 0 Å². The molecule has 0 atom stereocenters. The second-order valence-electron chi connectivity index (χ2n) is 7.60. The zero-order chi connectivity index (χ0) is 20.4. The van der Waals surface area contributed by atoms with E-state index in [0.717, 1.165) is 56.5 Å². The second kappa shape index (κ2) is 11.8. The maximum Gasteiger partial charge on any atom is 0.191 e. The summed E-state index contributed by atoms with van der Waals surface area (Å²) in [5.41, 5.74) is 1.24. The van der Waals surface area contributed by atoms with Crippen molar-refractivity contribution in [2.45, 2.75) is 58.5 Å². The highest BCUT2D eigenvalue weighted by atomic mass is 16.5. The summed E-state index contributed by atoms with van der Waals surface area (Å²) in [5, 5.41) is 7.01. The summed E-state index contributed by atoms with van der Waals surface area (Å²) in [6, 6.07) is 7.26. The molecule has 0 amide bonds. The molecule has 0 saturated carbocycles. The standard InChI is InChI=1S/C22H38N4O2/c1-6-23-22(25-19-11-14-26(15-12-19)17(2)3)24-13-7-8-18-9-10-20(27-4)21(16-18)28-5/h9-10,16-17,19H,6-8,11-15H2,1-5H3,(H2,23,24,25). The van der Waals surface area contributed by atoms with Crippen LogP contribution in [0.2, 0.25) is 0 Å². The van der Waals surface area contributed by atoms with Crippen molar-refractivity contribution in [1.29, 1.82) is 0 Å². The molecule has 1 aliphatic rings. The van der Waals surface area contributed by atoms with Crippen LogP contribution in [0, 0.1) is 0 Å². The molecular weight excluding hydrogens is 352 g/mol. The summed E-state index contributed by atoms with van der Waals surface area (Å²) in [6.45, 7) is 10.7. The summed E-state index contributed by atoms with van der Waals surface area (Å²) < 4.78 is 10.7. The van der Waals surface area contributed by atoms with Gasteiger partial charge < -0.3 is 25.0 Å². The van der Waals surface area contributed by atoms with Crippen molar-refractivity contribution >= 4 is 5.96 Å². The fourth-order valence-electron chi connectivity index (χ4n) is 3.58. The van der Waals surface area contributed by atoms with E-state index in [9.17, 15) is 0 Å². The lowest BCUT2D eigenvalue weighted by Crippen LogP contribution is -2.49. The Morgan fingerprint density at radius 1 is 1.18 bits per heavy atom. The minimum absolute atomic E-state index is 0.513. The average molecular weight is 391 g/mol. The lowest BCUT2D eigenvalue weighted by molar-refractivity contribution is 0.167. The van der Waals surface area contributed by atoms with Crippen molar-refractivity contribution in [3.05, 3.63) is 23.8 Å². The molecular formula is C22H38N4O2. The van der Waals surface area contributed by atoms with Gasteiger partial charge in [-0.1, -0.05) is 6.07 Å². The van der Waals surface area contributed by atoms with Gasteiger partial charge in [0.15, 0.2) is 17.5 Å². The van der Waals surface area contributed by atoms with Crippen LogP contribution in [-0.2, 0) is 6.42 Å². The number of hydrogen-bond acceptors (Lipinski definition) is 4. The van der Waals surface area contributed by atoms with E-state index in [1.165, 1.54) is 18.4 Å². The molecule has 2 rings (SSSR count). The molecule has 1 aromatic carbocycles. The maximum atomic E-state index is 5.38. The van der Waals surface area contributed by atoms with Gasteiger partial charge in [0.05, 0.1) is 14.2 Å². The van der Waals surface area contributed by atoms with E-state index in [-0.39, 0.29) is 0 Å². The van der Waals surface area contributed by atoms with Gasteiger partial charge in [-0.05, 0) is 64.2 Å². The molecule has 2 N–H and O–H groups in total. The van der Waals surface area contributed by atoms with E-state index in [2.05, 4.69) is 48.4 Å². The largest absolute Gasteiger partial charge is 0.493 e. The molecule has 0 spiro atoms. The SMILES string of the molecule is CCNC(=NCCCc1ccc(OC)c(OC)c1)NC1CCN(C(C)C)CC1. The summed E-state index contributed by atoms with van der Waals surface area (Å²) in [7, 11) is 3.33. The molecule has 0 aliphatic carbocycles. The van der Waals surface area contributed by atoms with Gasteiger partial charge in [-0.25, -0.2) is 0 Å².